The molecular weight excluding hydrogens is 436 g/mol. The van der Waals surface area contributed by atoms with Gasteiger partial charge in [-0.2, -0.15) is 5.10 Å². The van der Waals surface area contributed by atoms with Crippen molar-refractivity contribution in [2.24, 2.45) is 5.41 Å². The first-order valence-electron chi connectivity index (χ1n) is 10.2. The van der Waals surface area contributed by atoms with Gasteiger partial charge >= 0.3 is 0 Å². The SMILES string of the molecule is CNS(=O)(=O)c1nccc([C@]23CC[C@@H](c4cc(-c5c(F)cccc5F)nnc42)C3(C)C)n1. The van der Waals surface area contributed by atoms with Crippen LogP contribution in [0.2, 0.25) is 0 Å². The maximum atomic E-state index is 14.4. The summed E-state index contributed by atoms with van der Waals surface area (Å²) in [4.78, 5) is 8.35. The van der Waals surface area contributed by atoms with Gasteiger partial charge in [-0.1, -0.05) is 19.9 Å². The summed E-state index contributed by atoms with van der Waals surface area (Å²) in [5.41, 5.74) is 0.961. The third-order valence-electron chi connectivity index (χ3n) is 7.18. The van der Waals surface area contributed by atoms with Crippen molar-refractivity contribution in [2.45, 2.75) is 43.2 Å². The Kier molecular flexibility index (Phi) is 4.48. The number of sulfonamides is 1. The minimum Gasteiger partial charge on any atom is -0.226 e. The Labute approximate surface area is 184 Å². The molecule has 0 amide bonds. The smallest absolute Gasteiger partial charge is 0.226 e. The van der Waals surface area contributed by atoms with Crippen molar-refractivity contribution >= 4 is 10.0 Å². The van der Waals surface area contributed by atoms with E-state index in [9.17, 15) is 17.2 Å². The number of benzene rings is 1. The monoisotopic (exact) mass is 457 g/mol. The van der Waals surface area contributed by atoms with Crippen LogP contribution in [0.1, 0.15) is 49.6 Å². The van der Waals surface area contributed by atoms with Crippen LogP contribution in [0.4, 0.5) is 8.78 Å². The second-order valence-corrected chi connectivity index (χ2v) is 10.6. The van der Waals surface area contributed by atoms with Crippen molar-refractivity contribution in [1.29, 1.82) is 0 Å². The summed E-state index contributed by atoms with van der Waals surface area (Å²) in [6, 6.07) is 7.11. The molecule has 2 atom stereocenters. The quantitative estimate of drug-likeness (QED) is 0.604. The van der Waals surface area contributed by atoms with Crippen LogP contribution >= 0.6 is 0 Å². The molecule has 0 aliphatic heterocycles. The summed E-state index contributed by atoms with van der Waals surface area (Å²) in [5, 5.41) is 8.32. The molecule has 1 fully saturated rings. The Morgan fingerprint density at radius 3 is 2.53 bits per heavy atom. The summed E-state index contributed by atoms with van der Waals surface area (Å²) in [7, 11) is -2.53. The van der Waals surface area contributed by atoms with E-state index in [1.54, 1.807) is 12.1 Å². The van der Waals surface area contributed by atoms with Crippen LogP contribution in [-0.4, -0.2) is 35.6 Å². The van der Waals surface area contributed by atoms with Gasteiger partial charge < -0.3 is 0 Å². The van der Waals surface area contributed by atoms with E-state index in [-0.39, 0.29) is 27.7 Å². The van der Waals surface area contributed by atoms with E-state index >= 15 is 0 Å². The molecule has 2 heterocycles. The van der Waals surface area contributed by atoms with Crippen molar-refractivity contribution in [3.05, 3.63) is 65.1 Å². The minimum atomic E-state index is -3.83. The van der Waals surface area contributed by atoms with Crippen molar-refractivity contribution in [3.63, 3.8) is 0 Å². The highest BCUT2D eigenvalue weighted by molar-refractivity contribution is 7.89. The number of nitrogens with zero attached hydrogens (tertiary/aromatic N) is 4. The third kappa shape index (κ3) is 2.62. The van der Waals surface area contributed by atoms with E-state index in [0.29, 0.717) is 17.8 Å². The van der Waals surface area contributed by atoms with E-state index in [2.05, 4.69) is 38.7 Å². The second-order valence-electron chi connectivity index (χ2n) is 8.78. The van der Waals surface area contributed by atoms with E-state index in [1.165, 1.54) is 31.4 Å². The molecule has 166 valence electrons. The van der Waals surface area contributed by atoms with Crippen LogP contribution in [0.25, 0.3) is 11.3 Å². The van der Waals surface area contributed by atoms with Gasteiger partial charge in [0.05, 0.1) is 28.1 Å². The van der Waals surface area contributed by atoms with Gasteiger partial charge in [-0.25, -0.2) is 31.9 Å². The lowest BCUT2D eigenvalue weighted by Crippen LogP contribution is -2.38. The molecule has 7 nitrogen and oxygen atoms in total. The zero-order valence-electron chi connectivity index (χ0n) is 17.7. The fourth-order valence-corrected chi connectivity index (χ4v) is 6.16. The van der Waals surface area contributed by atoms with Crippen molar-refractivity contribution in [2.75, 3.05) is 7.05 Å². The highest BCUT2D eigenvalue weighted by atomic mass is 32.2. The molecular formula is C22H21F2N5O2S. The maximum absolute atomic E-state index is 14.4. The third-order valence-corrected chi connectivity index (χ3v) is 8.40. The predicted molar refractivity (Wildman–Crippen MR) is 112 cm³/mol. The number of halogens is 2. The van der Waals surface area contributed by atoms with Gasteiger partial charge in [0.25, 0.3) is 15.2 Å². The minimum absolute atomic E-state index is 0.0564. The average molecular weight is 458 g/mol. The Hall–Kier alpha value is -2.85. The number of aromatic nitrogens is 4. The van der Waals surface area contributed by atoms with Gasteiger partial charge in [-0.3, -0.25) is 0 Å². The first-order chi connectivity index (χ1) is 15.1. The van der Waals surface area contributed by atoms with Crippen LogP contribution < -0.4 is 4.72 Å². The zero-order chi connectivity index (χ0) is 22.9. The van der Waals surface area contributed by atoms with E-state index in [0.717, 1.165) is 12.0 Å². The molecule has 2 aromatic heterocycles. The number of hydrogen-bond acceptors (Lipinski definition) is 6. The first-order valence-corrected chi connectivity index (χ1v) is 11.7. The van der Waals surface area contributed by atoms with E-state index in [1.807, 2.05) is 0 Å². The Morgan fingerprint density at radius 2 is 1.84 bits per heavy atom. The van der Waals surface area contributed by atoms with Crippen LogP contribution in [0.3, 0.4) is 0 Å². The average Bonchev–Trinajstić information content (AvgIpc) is 3.15. The van der Waals surface area contributed by atoms with Gasteiger partial charge in [-0.05, 0) is 61.1 Å². The molecule has 1 aromatic carbocycles. The topological polar surface area (TPSA) is 97.7 Å². The number of hydrogen-bond donors (Lipinski definition) is 1. The van der Waals surface area contributed by atoms with Crippen molar-refractivity contribution in [3.8, 4) is 11.3 Å². The summed E-state index contributed by atoms with van der Waals surface area (Å²) in [5.74, 6) is -1.34. The summed E-state index contributed by atoms with van der Waals surface area (Å²) >= 11 is 0. The Balaban J connectivity index is 1.72. The highest BCUT2D eigenvalue weighted by Crippen LogP contribution is 2.69. The van der Waals surface area contributed by atoms with Crippen molar-refractivity contribution < 1.29 is 17.2 Å². The molecule has 2 aliphatic rings. The molecule has 0 radical (unpaired) electrons. The van der Waals surface area contributed by atoms with Gasteiger partial charge in [0.1, 0.15) is 11.6 Å². The molecule has 32 heavy (non-hydrogen) atoms. The highest BCUT2D eigenvalue weighted by Gasteiger charge is 2.65. The largest absolute Gasteiger partial charge is 0.276 e. The molecule has 1 saturated carbocycles. The normalized spacial score (nSPS) is 23.3. The lowest BCUT2D eigenvalue weighted by atomic mass is 9.66. The van der Waals surface area contributed by atoms with Crippen LogP contribution in [0.15, 0.2) is 41.7 Å². The second kappa shape index (κ2) is 6.82. The molecule has 0 saturated heterocycles. The fourth-order valence-electron chi connectivity index (χ4n) is 5.56. The number of rotatable bonds is 4. The van der Waals surface area contributed by atoms with Crippen LogP contribution in [-0.2, 0) is 15.4 Å². The maximum Gasteiger partial charge on any atom is 0.276 e. The van der Waals surface area contributed by atoms with Gasteiger partial charge in [0, 0.05) is 6.20 Å². The number of nitrogens with one attached hydrogen (secondary N) is 1. The van der Waals surface area contributed by atoms with Gasteiger partial charge in [-0.15, -0.1) is 5.10 Å². The molecule has 1 N–H and O–H groups in total. The Bertz CT molecular complexity index is 1340. The van der Waals surface area contributed by atoms with Gasteiger partial charge in [0.15, 0.2) is 0 Å². The summed E-state index contributed by atoms with van der Waals surface area (Å²) in [6.07, 6.45) is 2.94. The predicted octanol–water partition coefficient (Wildman–Crippen LogP) is 3.32. The Morgan fingerprint density at radius 1 is 1.12 bits per heavy atom. The van der Waals surface area contributed by atoms with Crippen LogP contribution in [0.5, 0.6) is 0 Å². The molecule has 5 rings (SSSR count). The fraction of sp³-hybridized carbons (Fsp3) is 0.364. The molecule has 0 unspecified atom stereocenters. The molecule has 10 heteroatoms. The zero-order valence-corrected chi connectivity index (χ0v) is 18.5. The van der Waals surface area contributed by atoms with Crippen LogP contribution in [0, 0.1) is 17.0 Å². The lowest BCUT2D eigenvalue weighted by Gasteiger charge is -2.37. The summed E-state index contributed by atoms with van der Waals surface area (Å²) < 4.78 is 55.6. The summed E-state index contributed by atoms with van der Waals surface area (Å²) in [6.45, 7) is 4.17. The van der Waals surface area contributed by atoms with E-state index < -0.39 is 27.1 Å². The molecule has 0 spiro atoms. The molecule has 3 aromatic rings. The van der Waals surface area contributed by atoms with Crippen molar-refractivity contribution in [1.82, 2.24) is 24.9 Å². The molecule has 2 bridgehead atoms. The molecule has 2 aliphatic carbocycles. The lowest BCUT2D eigenvalue weighted by molar-refractivity contribution is 0.241. The standard InChI is InChI=1S/C22H21F2N5O2S/c1-21(2)13-7-9-22(21,17-8-10-26-20(27-17)32(30,31)25-3)19-12(13)11-16(28-29-19)18-14(23)5-4-6-15(18)24/h4-6,8,10-11,13,25H,7,9H2,1-3H3/t13-,22+/m0/s1. The van der Waals surface area contributed by atoms with Gasteiger partial charge in [0.2, 0.25) is 0 Å². The number of fused-ring (bicyclic) bond motifs is 5. The van der Waals surface area contributed by atoms with E-state index in [4.69, 9.17) is 0 Å². The first kappa shape index (κ1) is 21.0.